The Bertz CT molecular complexity index is 587. The maximum absolute atomic E-state index is 5.99. The van der Waals surface area contributed by atoms with Crippen LogP contribution in [-0.4, -0.2) is 4.37 Å². The Morgan fingerprint density at radius 1 is 1.37 bits per heavy atom. The lowest BCUT2D eigenvalue weighted by Crippen LogP contribution is -2.08. The molecular weight excluding hydrogens is 254 g/mol. The maximum atomic E-state index is 5.99. The molecule has 1 aromatic carbocycles. The van der Waals surface area contributed by atoms with E-state index in [9.17, 15) is 0 Å². The summed E-state index contributed by atoms with van der Waals surface area (Å²) in [5, 5.41) is 4.73. The summed E-state index contributed by atoms with van der Waals surface area (Å²) in [4.78, 5) is 0. The molecule has 0 aliphatic heterocycles. The van der Waals surface area contributed by atoms with Gasteiger partial charge in [-0.1, -0.05) is 24.3 Å². The van der Waals surface area contributed by atoms with Gasteiger partial charge in [-0.15, -0.1) is 0 Å². The smallest absolute Gasteiger partial charge is 0.142 e. The number of nitrogens with two attached hydrogens (primary N) is 1. The van der Waals surface area contributed by atoms with Gasteiger partial charge in [-0.2, -0.15) is 4.37 Å². The van der Waals surface area contributed by atoms with E-state index in [1.807, 2.05) is 0 Å². The number of benzene rings is 1. The van der Waals surface area contributed by atoms with E-state index in [1.165, 1.54) is 41.1 Å². The van der Waals surface area contributed by atoms with Gasteiger partial charge in [-0.3, -0.25) is 0 Å². The summed E-state index contributed by atoms with van der Waals surface area (Å²) in [6, 6.07) is 8.76. The van der Waals surface area contributed by atoms with Crippen molar-refractivity contribution in [3.63, 3.8) is 0 Å². The third-order valence-corrected chi connectivity index (χ3v) is 4.55. The minimum Gasteiger partial charge on any atom is -0.383 e. The van der Waals surface area contributed by atoms with Crippen LogP contribution in [0.2, 0.25) is 0 Å². The van der Waals surface area contributed by atoms with E-state index in [0.717, 1.165) is 5.00 Å². The first-order valence-electron chi connectivity index (χ1n) is 6.74. The van der Waals surface area contributed by atoms with E-state index in [0.29, 0.717) is 11.7 Å². The summed E-state index contributed by atoms with van der Waals surface area (Å²) >= 11 is 1.49. The molecule has 100 valence electrons. The number of nitrogens with one attached hydrogen (secondary N) is 1. The molecule has 2 aromatic rings. The molecule has 1 atom stereocenters. The topological polar surface area (TPSA) is 50.9 Å². The monoisotopic (exact) mass is 273 g/mol. The number of anilines is 2. The first-order chi connectivity index (χ1) is 9.16. The van der Waals surface area contributed by atoms with Gasteiger partial charge >= 0.3 is 0 Å². The second kappa shape index (κ2) is 4.85. The molecule has 0 bridgehead atoms. The molecule has 3 nitrogen and oxygen atoms in total. The van der Waals surface area contributed by atoms with Crippen LogP contribution >= 0.6 is 11.5 Å². The molecule has 1 aliphatic rings. The zero-order chi connectivity index (χ0) is 13.4. The van der Waals surface area contributed by atoms with Crippen LogP contribution in [-0.2, 0) is 0 Å². The maximum Gasteiger partial charge on any atom is 0.142 e. The van der Waals surface area contributed by atoms with E-state index >= 15 is 0 Å². The van der Waals surface area contributed by atoms with Crippen molar-refractivity contribution in [1.82, 2.24) is 4.37 Å². The van der Waals surface area contributed by atoms with E-state index in [1.54, 1.807) is 0 Å². The van der Waals surface area contributed by atoms with Crippen molar-refractivity contribution in [2.45, 2.75) is 38.6 Å². The zero-order valence-corrected chi connectivity index (χ0v) is 12.1. The quantitative estimate of drug-likeness (QED) is 0.882. The molecule has 19 heavy (non-hydrogen) atoms. The van der Waals surface area contributed by atoms with Gasteiger partial charge < -0.3 is 11.1 Å². The molecule has 0 radical (unpaired) electrons. The van der Waals surface area contributed by atoms with E-state index < -0.39 is 0 Å². The Morgan fingerprint density at radius 2 is 2.11 bits per heavy atom. The van der Waals surface area contributed by atoms with Crippen LogP contribution in [0.5, 0.6) is 0 Å². The molecule has 3 N–H and O–H groups in total. The van der Waals surface area contributed by atoms with Gasteiger partial charge in [0.25, 0.3) is 0 Å². The predicted octanol–water partition coefficient (Wildman–Crippen LogP) is 4.08. The van der Waals surface area contributed by atoms with Crippen molar-refractivity contribution in [1.29, 1.82) is 0 Å². The SMILES string of the molecule is Cc1ccccc1C(C)Nc1snc(N)c1C1CC1. The minimum atomic E-state index is 0.276. The average molecular weight is 273 g/mol. The predicted molar refractivity (Wildman–Crippen MR) is 81.7 cm³/mol. The first kappa shape index (κ1) is 12.5. The van der Waals surface area contributed by atoms with Gasteiger partial charge in [-0.25, -0.2) is 0 Å². The summed E-state index contributed by atoms with van der Waals surface area (Å²) in [5.41, 5.74) is 9.87. The zero-order valence-electron chi connectivity index (χ0n) is 11.3. The highest BCUT2D eigenvalue weighted by atomic mass is 32.1. The molecule has 1 unspecified atom stereocenters. The van der Waals surface area contributed by atoms with Crippen molar-refractivity contribution in [2.75, 3.05) is 11.1 Å². The van der Waals surface area contributed by atoms with E-state index in [4.69, 9.17) is 5.73 Å². The lowest BCUT2D eigenvalue weighted by molar-refractivity contribution is 0.874. The van der Waals surface area contributed by atoms with Crippen molar-refractivity contribution >= 4 is 22.4 Å². The molecule has 1 saturated carbocycles. The highest BCUT2D eigenvalue weighted by Gasteiger charge is 2.30. The van der Waals surface area contributed by atoms with Crippen LogP contribution in [0.3, 0.4) is 0 Å². The Balaban J connectivity index is 1.84. The molecule has 1 aromatic heterocycles. The van der Waals surface area contributed by atoms with Gasteiger partial charge in [0.2, 0.25) is 0 Å². The normalized spacial score (nSPS) is 16.3. The lowest BCUT2D eigenvalue weighted by atomic mass is 10.0. The Labute approximate surface area is 118 Å². The highest BCUT2D eigenvalue weighted by molar-refractivity contribution is 7.10. The van der Waals surface area contributed by atoms with Crippen LogP contribution < -0.4 is 11.1 Å². The number of aryl methyl sites for hydroxylation is 1. The van der Waals surface area contributed by atoms with Gasteiger partial charge in [0, 0.05) is 11.6 Å². The highest BCUT2D eigenvalue weighted by Crippen LogP contribution is 2.48. The molecule has 1 fully saturated rings. The standard InChI is InChI=1S/C15H19N3S/c1-9-5-3-4-6-12(9)10(2)17-15-13(11-7-8-11)14(16)18-19-15/h3-6,10-11,17H,7-8H2,1-2H3,(H2,16,18). The fraction of sp³-hybridized carbons (Fsp3) is 0.400. The fourth-order valence-corrected chi connectivity index (χ4v) is 3.41. The van der Waals surface area contributed by atoms with Crippen LogP contribution in [0, 0.1) is 6.92 Å². The van der Waals surface area contributed by atoms with Crippen LogP contribution in [0.25, 0.3) is 0 Å². The number of hydrogen-bond donors (Lipinski definition) is 2. The molecule has 3 rings (SSSR count). The van der Waals surface area contributed by atoms with Crippen LogP contribution in [0.15, 0.2) is 24.3 Å². The molecule has 4 heteroatoms. The molecule has 1 aliphatic carbocycles. The largest absolute Gasteiger partial charge is 0.383 e. The summed E-state index contributed by atoms with van der Waals surface area (Å²) in [6.45, 7) is 4.34. The second-order valence-electron chi connectivity index (χ2n) is 5.31. The van der Waals surface area contributed by atoms with Crippen LogP contribution in [0.1, 0.15) is 48.4 Å². The summed E-state index contributed by atoms with van der Waals surface area (Å²) < 4.78 is 4.30. The van der Waals surface area contributed by atoms with E-state index in [2.05, 4.69) is 47.8 Å². The minimum absolute atomic E-state index is 0.276. The fourth-order valence-electron chi connectivity index (χ4n) is 2.53. The molecular formula is C15H19N3S. The summed E-state index contributed by atoms with van der Waals surface area (Å²) in [6.07, 6.45) is 2.49. The number of hydrogen-bond acceptors (Lipinski definition) is 4. The Kier molecular flexibility index (Phi) is 3.19. The second-order valence-corrected chi connectivity index (χ2v) is 6.08. The van der Waals surface area contributed by atoms with Crippen molar-refractivity contribution in [3.8, 4) is 0 Å². The summed E-state index contributed by atoms with van der Waals surface area (Å²) in [7, 11) is 0. The number of nitrogen functional groups attached to an aromatic ring is 1. The van der Waals surface area contributed by atoms with Gasteiger partial charge in [0.15, 0.2) is 0 Å². The first-order valence-corrected chi connectivity index (χ1v) is 7.51. The molecule has 0 amide bonds. The number of rotatable bonds is 4. The number of aromatic nitrogens is 1. The van der Waals surface area contributed by atoms with Crippen molar-refractivity contribution in [3.05, 3.63) is 41.0 Å². The van der Waals surface area contributed by atoms with E-state index in [-0.39, 0.29) is 6.04 Å². The number of nitrogens with zero attached hydrogens (tertiary/aromatic N) is 1. The van der Waals surface area contributed by atoms with Gasteiger partial charge in [0.1, 0.15) is 10.8 Å². The third-order valence-electron chi connectivity index (χ3n) is 3.74. The molecule has 0 spiro atoms. The van der Waals surface area contributed by atoms with Crippen LogP contribution in [0.4, 0.5) is 10.8 Å². The average Bonchev–Trinajstić information content (AvgIpc) is 3.15. The summed E-state index contributed by atoms with van der Waals surface area (Å²) in [5.74, 6) is 1.34. The molecule has 1 heterocycles. The Morgan fingerprint density at radius 3 is 2.79 bits per heavy atom. The van der Waals surface area contributed by atoms with Gasteiger partial charge in [-0.05, 0) is 55.3 Å². The van der Waals surface area contributed by atoms with Gasteiger partial charge in [0.05, 0.1) is 0 Å². The van der Waals surface area contributed by atoms with Crippen molar-refractivity contribution in [2.24, 2.45) is 0 Å². The Hall–Kier alpha value is -1.55. The molecule has 0 saturated heterocycles. The van der Waals surface area contributed by atoms with Crippen molar-refractivity contribution < 1.29 is 0 Å². The lowest BCUT2D eigenvalue weighted by Gasteiger charge is -2.17. The third kappa shape index (κ3) is 2.45.